The molecule has 0 bridgehead atoms. The molecule has 3 atom stereocenters. The van der Waals surface area contributed by atoms with Gasteiger partial charge in [0.25, 0.3) is 10.0 Å². The number of hydrogen-bond donors (Lipinski definition) is 0. The Hall–Kier alpha value is -3.33. The van der Waals surface area contributed by atoms with Crippen LogP contribution in [0.15, 0.2) is 66.1 Å². The van der Waals surface area contributed by atoms with Gasteiger partial charge in [0, 0.05) is 5.92 Å². The van der Waals surface area contributed by atoms with Crippen LogP contribution in [-0.4, -0.2) is 51.3 Å². The minimum absolute atomic E-state index is 0.0857. The number of benzene rings is 2. The maximum absolute atomic E-state index is 13.9. The molecule has 2 aromatic carbocycles. The van der Waals surface area contributed by atoms with Crippen LogP contribution in [0.2, 0.25) is 0 Å². The predicted octanol–water partition coefficient (Wildman–Crippen LogP) is 3.57. The highest BCUT2D eigenvalue weighted by molar-refractivity contribution is 7.92. The van der Waals surface area contributed by atoms with Gasteiger partial charge in [-0.1, -0.05) is 42.0 Å². The van der Waals surface area contributed by atoms with Crippen molar-refractivity contribution in [2.24, 2.45) is 0 Å². The maximum Gasteiger partial charge on any atom is 0.412 e. The van der Waals surface area contributed by atoms with E-state index in [-0.39, 0.29) is 17.7 Å². The number of esters is 1. The van der Waals surface area contributed by atoms with Gasteiger partial charge in [0.05, 0.1) is 24.8 Å². The largest absolute Gasteiger partial charge is 0.467 e. The van der Waals surface area contributed by atoms with Gasteiger partial charge in [0.2, 0.25) is 0 Å². The lowest BCUT2D eigenvalue weighted by molar-refractivity contribution is -0.153. The summed E-state index contributed by atoms with van der Waals surface area (Å²) in [5, 5.41) is 0. The number of nitrogens with zero attached hydrogens (tertiary/aromatic N) is 2. The number of amides is 1. The third-order valence-corrected chi connectivity index (χ3v) is 8.25. The summed E-state index contributed by atoms with van der Waals surface area (Å²) in [6, 6.07) is 13.6. The average Bonchev–Trinajstić information content (AvgIpc) is 3.30. The quantitative estimate of drug-likeness (QED) is 0.490. The SMILES string of the molecule is C=CC[C@]1(C(=O)OC)C[C@@H]2c3ccccc3N(S(=O)(=O)c3ccc(C)cc3)[C@@H]2N1C(=O)OC. The van der Waals surface area contributed by atoms with Crippen molar-refractivity contribution in [3.8, 4) is 0 Å². The van der Waals surface area contributed by atoms with Crippen LogP contribution in [0.5, 0.6) is 0 Å². The van der Waals surface area contributed by atoms with Gasteiger partial charge < -0.3 is 9.47 Å². The van der Waals surface area contributed by atoms with Crippen LogP contribution in [0.1, 0.15) is 29.9 Å². The Morgan fingerprint density at radius 3 is 2.39 bits per heavy atom. The number of carbonyl (C=O) groups is 2. The zero-order valence-electron chi connectivity index (χ0n) is 18.7. The topological polar surface area (TPSA) is 93.2 Å². The van der Waals surface area contributed by atoms with Crippen LogP contribution >= 0.6 is 0 Å². The number of carbonyl (C=O) groups excluding carboxylic acids is 2. The molecule has 4 rings (SSSR count). The fourth-order valence-electron chi connectivity index (χ4n) is 5.04. The van der Waals surface area contributed by atoms with Crippen molar-refractivity contribution < 1.29 is 27.5 Å². The Kier molecular flexibility index (Phi) is 5.69. The highest BCUT2D eigenvalue weighted by Gasteiger charge is 2.65. The Morgan fingerprint density at radius 1 is 1.12 bits per heavy atom. The summed E-state index contributed by atoms with van der Waals surface area (Å²) in [4.78, 5) is 27.5. The van der Waals surface area contributed by atoms with E-state index in [9.17, 15) is 18.0 Å². The first-order chi connectivity index (χ1) is 15.7. The Bertz CT molecular complexity index is 1210. The second kappa shape index (κ2) is 8.22. The molecule has 0 aromatic heterocycles. The maximum atomic E-state index is 13.9. The molecular weight excluding hydrogens is 444 g/mol. The zero-order valence-corrected chi connectivity index (χ0v) is 19.5. The van der Waals surface area contributed by atoms with Gasteiger partial charge >= 0.3 is 12.1 Å². The van der Waals surface area contributed by atoms with E-state index >= 15 is 0 Å². The molecule has 0 unspecified atom stereocenters. The fraction of sp³-hybridized carbons (Fsp3) is 0.333. The number of sulfonamides is 1. The molecule has 8 nitrogen and oxygen atoms in total. The fourth-order valence-corrected chi connectivity index (χ4v) is 6.69. The minimum atomic E-state index is -4.09. The van der Waals surface area contributed by atoms with Crippen molar-refractivity contribution in [3.05, 3.63) is 72.3 Å². The summed E-state index contributed by atoms with van der Waals surface area (Å²) in [5.41, 5.74) is 0.676. The number of anilines is 1. The van der Waals surface area contributed by atoms with E-state index in [1.165, 1.54) is 41.6 Å². The van der Waals surface area contributed by atoms with Crippen LogP contribution in [0.4, 0.5) is 10.5 Å². The van der Waals surface area contributed by atoms with Gasteiger partial charge in [-0.2, -0.15) is 0 Å². The molecule has 2 aliphatic heterocycles. The lowest BCUT2D eigenvalue weighted by atomic mass is 9.86. The molecule has 0 radical (unpaired) electrons. The first kappa shape index (κ1) is 22.8. The molecule has 9 heteroatoms. The molecule has 0 N–H and O–H groups in total. The number of likely N-dealkylation sites (tertiary alicyclic amines) is 1. The number of aryl methyl sites for hydroxylation is 1. The van der Waals surface area contributed by atoms with Crippen molar-refractivity contribution in [1.29, 1.82) is 0 Å². The molecule has 33 heavy (non-hydrogen) atoms. The van der Waals surface area contributed by atoms with Crippen molar-refractivity contribution in [2.75, 3.05) is 18.5 Å². The summed E-state index contributed by atoms with van der Waals surface area (Å²) in [6.07, 6.45) is -0.0320. The van der Waals surface area contributed by atoms with E-state index in [2.05, 4.69) is 6.58 Å². The predicted molar refractivity (Wildman–Crippen MR) is 122 cm³/mol. The number of methoxy groups -OCH3 is 2. The van der Waals surface area contributed by atoms with Crippen molar-refractivity contribution >= 4 is 27.8 Å². The van der Waals surface area contributed by atoms with E-state index in [0.29, 0.717) is 5.69 Å². The van der Waals surface area contributed by atoms with Crippen LogP contribution in [0.3, 0.4) is 0 Å². The minimum Gasteiger partial charge on any atom is -0.467 e. The van der Waals surface area contributed by atoms with E-state index in [1.807, 2.05) is 19.1 Å². The third-order valence-electron chi connectivity index (χ3n) is 6.45. The summed E-state index contributed by atoms with van der Waals surface area (Å²) < 4.78 is 39.2. The summed E-state index contributed by atoms with van der Waals surface area (Å²) in [6.45, 7) is 5.62. The molecule has 2 aromatic rings. The number of ether oxygens (including phenoxy) is 2. The highest BCUT2D eigenvalue weighted by Crippen LogP contribution is 2.56. The molecule has 0 spiro atoms. The highest BCUT2D eigenvalue weighted by atomic mass is 32.2. The molecule has 1 saturated heterocycles. The third kappa shape index (κ3) is 3.30. The molecular formula is C24H26N2O6S. The summed E-state index contributed by atoms with van der Waals surface area (Å²) in [5.74, 6) is -1.10. The van der Waals surface area contributed by atoms with Gasteiger partial charge in [-0.25, -0.2) is 22.3 Å². The van der Waals surface area contributed by atoms with Gasteiger partial charge in [-0.05, 0) is 43.5 Å². The van der Waals surface area contributed by atoms with Crippen LogP contribution < -0.4 is 4.31 Å². The number of rotatable bonds is 5. The Labute approximate surface area is 193 Å². The van der Waals surface area contributed by atoms with Gasteiger partial charge in [-0.3, -0.25) is 4.90 Å². The van der Waals surface area contributed by atoms with Gasteiger partial charge in [0.15, 0.2) is 0 Å². The Morgan fingerprint density at radius 2 is 1.79 bits per heavy atom. The smallest absolute Gasteiger partial charge is 0.412 e. The molecule has 2 aliphatic rings. The zero-order chi connectivity index (χ0) is 24.0. The molecule has 174 valence electrons. The van der Waals surface area contributed by atoms with Crippen molar-refractivity contribution in [2.45, 2.75) is 42.3 Å². The van der Waals surface area contributed by atoms with Gasteiger partial charge in [-0.15, -0.1) is 6.58 Å². The van der Waals surface area contributed by atoms with E-state index in [0.717, 1.165) is 11.1 Å². The lowest BCUT2D eigenvalue weighted by Crippen LogP contribution is -2.60. The lowest BCUT2D eigenvalue weighted by Gasteiger charge is -2.40. The molecule has 1 fully saturated rings. The van der Waals surface area contributed by atoms with E-state index < -0.39 is 39.7 Å². The monoisotopic (exact) mass is 470 g/mol. The second-order valence-corrected chi connectivity index (χ2v) is 10.1. The summed E-state index contributed by atoms with van der Waals surface area (Å²) >= 11 is 0. The molecule has 0 saturated carbocycles. The number of hydrogen-bond acceptors (Lipinski definition) is 6. The first-order valence-corrected chi connectivity index (χ1v) is 11.9. The van der Waals surface area contributed by atoms with Crippen LogP contribution in [-0.2, 0) is 24.3 Å². The van der Waals surface area contributed by atoms with Gasteiger partial charge in [0.1, 0.15) is 11.7 Å². The van der Waals surface area contributed by atoms with E-state index in [1.54, 1.807) is 24.3 Å². The normalized spacial score (nSPS) is 23.6. The van der Waals surface area contributed by atoms with Crippen LogP contribution in [0.25, 0.3) is 0 Å². The van der Waals surface area contributed by atoms with Crippen molar-refractivity contribution in [3.63, 3.8) is 0 Å². The molecule has 0 aliphatic carbocycles. The van der Waals surface area contributed by atoms with E-state index in [4.69, 9.17) is 9.47 Å². The number of para-hydroxylation sites is 1. The van der Waals surface area contributed by atoms with Crippen molar-refractivity contribution in [1.82, 2.24) is 4.90 Å². The number of fused-ring (bicyclic) bond motifs is 3. The molecule has 2 heterocycles. The molecule has 1 amide bonds. The average molecular weight is 471 g/mol. The van der Waals surface area contributed by atoms with Crippen LogP contribution in [0, 0.1) is 6.92 Å². The second-order valence-electron chi connectivity index (χ2n) is 8.25. The Balaban J connectivity index is 1.97. The first-order valence-electron chi connectivity index (χ1n) is 10.5. The standard InChI is InChI=1S/C24H26N2O6S/c1-5-14-24(22(27)31-3)15-19-18-8-6-7-9-20(18)26(21(19)25(24)23(28)32-4)33(29,30)17-12-10-16(2)11-13-17/h5-13,19,21H,1,14-15H2,2-4H3/t19-,21+,24-/m1/s1. The summed E-state index contributed by atoms with van der Waals surface area (Å²) in [7, 11) is -1.65.